The van der Waals surface area contributed by atoms with Crippen LogP contribution in [0.5, 0.6) is 0 Å². The molecular formula is C34H16N8O2. The third-order valence-electron chi connectivity index (χ3n) is 7.73. The molecule has 0 saturated carbocycles. The highest BCUT2D eigenvalue weighted by Gasteiger charge is 2.30. The number of hydrogen-bond donors (Lipinski definition) is 1. The van der Waals surface area contributed by atoms with Crippen molar-refractivity contribution in [2.45, 2.75) is 12.6 Å². The molecule has 0 bridgehead atoms. The summed E-state index contributed by atoms with van der Waals surface area (Å²) in [6.45, 7) is 3.51. The number of carbonyl (C=O) groups is 1. The van der Waals surface area contributed by atoms with Crippen LogP contribution in [0.4, 0.5) is 11.4 Å². The van der Waals surface area contributed by atoms with Crippen molar-refractivity contribution >= 4 is 66.4 Å². The summed E-state index contributed by atoms with van der Waals surface area (Å²) in [4.78, 5) is 25.5. The van der Waals surface area contributed by atoms with Crippen LogP contribution in [0.1, 0.15) is 17.0 Å². The molecule has 0 spiro atoms. The summed E-state index contributed by atoms with van der Waals surface area (Å²) < 4.78 is 5.17. The minimum Gasteiger partial charge on any atom is -0.458 e. The molecule has 44 heavy (non-hydrogen) atoms. The summed E-state index contributed by atoms with van der Waals surface area (Å²) in [5.41, 5.74) is 4.33. The lowest BCUT2D eigenvalue weighted by Gasteiger charge is -2.26. The fraction of sp³-hybridized carbons (Fsp3) is 0.0588. The number of anilines is 1. The number of rotatable bonds is 4. The molecule has 10 heteroatoms. The first-order valence-electron chi connectivity index (χ1n) is 13.3. The van der Waals surface area contributed by atoms with Crippen molar-refractivity contribution in [1.29, 1.82) is 21.0 Å². The summed E-state index contributed by atoms with van der Waals surface area (Å²) in [6, 6.07) is 24.2. The fourth-order valence-corrected chi connectivity index (χ4v) is 5.83. The van der Waals surface area contributed by atoms with Crippen molar-refractivity contribution < 1.29 is 9.53 Å². The van der Waals surface area contributed by atoms with E-state index in [2.05, 4.69) is 34.0 Å². The maximum atomic E-state index is 11.5. The average Bonchev–Trinajstić information content (AvgIpc) is 3.08. The lowest BCUT2D eigenvalue weighted by molar-refractivity contribution is -0.138. The summed E-state index contributed by atoms with van der Waals surface area (Å²) in [6.07, 6.45) is 1.11. The first kappa shape index (κ1) is 26.0. The van der Waals surface area contributed by atoms with Gasteiger partial charge in [-0.3, -0.25) is 0 Å². The Labute approximate surface area is 249 Å². The molecule has 0 fully saturated rings. The van der Waals surface area contributed by atoms with Gasteiger partial charge in [0.25, 0.3) is 0 Å². The zero-order valence-corrected chi connectivity index (χ0v) is 22.7. The third kappa shape index (κ3) is 3.70. The molecule has 1 atom stereocenters. The Morgan fingerprint density at radius 2 is 1.55 bits per heavy atom. The van der Waals surface area contributed by atoms with E-state index in [4.69, 9.17) is 9.73 Å². The van der Waals surface area contributed by atoms with Gasteiger partial charge < -0.3 is 10.1 Å². The number of benzene rings is 5. The van der Waals surface area contributed by atoms with Crippen LogP contribution in [0.25, 0.3) is 54.5 Å². The number of aromatic nitrogens is 2. The first-order valence-corrected chi connectivity index (χ1v) is 13.3. The maximum Gasteiger partial charge on any atom is 0.330 e. The molecule has 1 aliphatic rings. The van der Waals surface area contributed by atoms with Crippen molar-refractivity contribution in [3.8, 4) is 35.4 Å². The van der Waals surface area contributed by atoms with Gasteiger partial charge in [-0.05, 0) is 16.7 Å². The van der Waals surface area contributed by atoms with Gasteiger partial charge in [-0.15, -0.1) is 0 Å². The van der Waals surface area contributed by atoms with E-state index in [1.165, 1.54) is 0 Å². The van der Waals surface area contributed by atoms with Gasteiger partial charge in [-0.1, -0.05) is 61.2 Å². The topological polar surface area (TPSA) is 172 Å². The van der Waals surface area contributed by atoms with E-state index in [1.54, 1.807) is 0 Å². The molecule has 1 aromatic heterocycles. The molecule has 0 amide bonds. The van der Waals surface area contributed by atoms with Crippen LogP contribution in [0, 0.1) is 45.3 Å². The van der Waals surface area contributed by atoms with Crippen LogP contribution < -0.4 is 5.32 Å². The van der Waals surface area contributed by atoms with E-state index >= 15 is 0 Å². The first-order chi connectivity index (χ1) is 21.5. The van der Waals surface area contributed by atoms with Crippen LogP contribution in [0.3, 0.4) is 0 Å². The number of fused-ring (bicyclic) bond motifs is 6. The van der Waals surface area contributed by atoms with Crippen LogP contribution in [0.2, 0.25) is 0 Å². The molecule has 6 aromatic rings. The van der Waals surface area contributed by atoms with E-state index < -0.39 is 12.0 Å². The van der Waals surface area contributed by atoms with E-state index in [0.29, 0.717) is 33.2 Å². The van der Waals surface area contributed by atoms with Crippen molar-refractivity contribution in [3.05, 3.63) is 84.2 Å². The number of carbonyl (C=O) groups excluding carboxylic acids is 1. The SMILES string of the molecule is C=CC(=O)OCc1ccc(-c2ccc3c4nc(C#N)c(C#N)nc4c4cccc5c6c(c2c3c54)N=C(C#N)C(C#N)N6)cc1. The molecule has 0 radical (unpaired) electrons. The monoisotopic (exact) mass is 568 g/mol. The number of nitriles is 4. The highest BCUT2D eigenvalue weighted by Crippen LogP contribution is 2.52. The molecule has 10 nitrogen and oxygen atoms in total. The van der Waals surface area contributed by atoms with Gasteiger partial charge >= 0.3 is 5.97 Å². The molecule has 1 unspecified atom stereocenters. The van der Waals surface area contributed by atoms with Crippen LogP contribution in [0.15, 0.2) is 72.2 Å². The second-order valence-electron chi connectivity index (χ2n) is 10.0. The predicted molar refractivity (Wildman–Crippen MR) is 164 cm³/mol. The Morgan fingerprint density at radius 3 is 2.18 bits per heavy atom. The zero-order chi connectivity index (χ0) is 30.5. The molecule has 204 valence electrons. The van der Waals surface area contributed by atoms with Crippen molar-refractivity contribution in [1.82, 2.24) is 9.97 Å². The van der Waals surface area contributed by atoms with Gasteiger partial charge in [0.1, 0.15) is 24.8 Å². The smallest absolute Gasteiger partial charge is 0.330 e. The number of nitrogens with one attached hydrogen (secondary N) is 1. The normalized spacial score (nSPS) is 13.7. The largest absolute Gasteiger partial charge is 0.458 e. The third-order valence-corrected chi connectivity index (χ3v) is 7.73. The van der Waals surface area contributed by atoms with Gasteiger partial charge in [0.05, 0.1) is 28.5 Å². The number of esters is 1. The summed E-state index contributed by atoms with van der Waals surface area (Å²) >= 11 is 0. The second kappa shape index (κ2) is 9.89. The van der Waals surface area contributed by atoms with E-state index in [-0.39, 0.29) is 23.7 Å². The number of ether oxygens (including phenoxy) is 1. The van der Waals surface area contributed by atoms with E-state index in [0.717, 1.165) is 44.3 Å². The number of hydrogen-bond acceptors (Lipinski definition) is 10. The van der Waals surface area contributed by atoms with Crippen molar-refractivity contribution in [2.75, 3.05) is 5.32 Å². The standard InChI is InChI=1S/C34H16N8O2/c1-2-27(43)44-16-17-6-8-18(9-7-17)19-10-11-22-29-28-20(31-32(22)40-24(13-36)23(12-35)39-31)4-3-5-21(28)33-34(30(19)29)42-26(15-38)25(14-37)41-33/h2-11,25,41H,1,16H2. The van der Waals surface area contributed by atoms with Crippen molar-refractivity contribution in [2.24, 2.45) is 4.99 Å². The average molecular weight is 569 g/mol. The minimum absolute atomic E-state index is 0.0372. The Kier molecular flexibility index (Phi) is 5.85. The predicted octanol–water partition coefficient (Wildman–Crippen LogP) is 6.08. The van der Waals surface area contributed by atoms with Gasteiger partial charge in [-0.2, -0.15) is 21.0 Å². The van der Waals surface area contributed by atoms with E-state index in [9.17, 15) is 25.8 Å². The number of aliphatic imine (C=N–C) groups is 1. The van der Waals surface area contributed by atoms with Gasteiger partial charge in [-0.25, -0.2) is 19.8 Å². The molecule has 0 aliphatic carbocycles. The van der Waals surface area contributed by atoms with Crippen LogP contribution in [-0.4, -0.2) is 27.7 Å². The molecule has 7 rings (SSSR count). The van der Waals surface area contributed by atoms with Gasteiger partial charge in [0.2, 0.25) is 0 Å². The molecular weight excluding hydrogens is 552 g/mol. The summed E-state index contributed by atoms with van der Waals surface area (Å²) in [7, 11) is 0. The zero-order valence-electron chi connectivity index (χ0n) is 22.7. The Hall–Kier alpha value is -6.88. The molecule has 2 heterocycles. The Bertz CT molecular complexity index is 2450. The second-order valence-corrected chi connectivity index (χ2v) is 10.0. The highest BCUT2D eigenvalue weighted by molar-refractivity contribution is 6.39. The molecule has 1 aliphatic heterocycles. The van der Waals surface area contributed by atoms with Gasteiger partial charge in [0, 0.05) is 38.4 Å². The maximum absolute atomic E-state index is 11.5. The lowest BCUT2D eigenvalue weighted by atomic mass is 9.86. The summed E-state index contributed by atoms with van der Waals surface area (Å²) in [5, 5.41) is 46.9. The number of nitrogens with zero attached hydrogens (tertiary/aromatic N) is 7. The highest BCUT2D eigenvalue weighted by atomic mass is 16.5. The van der Waals surface area contributed by atoms with Gasteiger partial charge in [0.15, 0.2) is 23.1 Å². The quantitative estimate of drug-likeness (QED) is 0.114. The molecule has 1 N–H and O–H groups in total. The Morgan fingerprint density at radius 1 is 0.864 bits per heavy atom. The Balaban J connectivity index is 1.62. The lowest BCUT2D eigenvalue weighted by Crippen LogP contribution is -2.29. The van der Waals surface area contributed by atoms with Crippen molar-refractivity contribution in [3.63, 3.8) is 0 Å². The minimum atomic E-state index is -0.945. The fourth-order valence-electron chi connectivity index (χ4n) is 5.83. The van der Waals surface area contributed by atoms with Crippen LogP contribution in [-0.2, 0) is 16.1 Å². The molecule has 5 aromatic carbocycles. The van der Waals surface area contributed by atoms with Crippen LogP contribution >= 0.6 is 0 Å². The molecule has 0 saturated heterocycles. The summed E-state index contributed by atoms with van der Waals surface area (Å²) in [5.74, 6) is -0.515. The van der Waals surface area contributed by atoms with E-state index in [1.807, 2.05) is 66.7 Å².